The SMILES string of the molecule is Cc1cc(Cl)cc([N+](=O)[O-])c1NC1CCC(O)CC1. The summed E-state index contributed by atoms with van der Waals surface area (Å²) in [7, 11) is 0. The van der Waals surface area contributed by atoms with Crippen molar-refractivity contribution < 1.29 is 10.0 Å². The number of aliphatic hydroxyl groups is 1. The summed E-state index contributed by atoms with van der Waals surface area (Å²) in [5, 5.41) is 24.2. The summed E-state index contributed by atoms with van der Waals surface area (Å²) in [5.41, 5.74) is 1.32. The zero-order valence-corrected chi connectivity index (χ0v) is 11.5. The second-order valence-corrected chi connectivity index (χ2v) is 5.46. The van der Waals surface area contributed by atoms with E-state index in [9.17, 15) is 15.2 Å². The van der Waals surface area contributed by atoms with E-state index in [2.05, 4.69) is 5.32 Å². The number of hydrogen-bond donors (Lipinski definition) is 2. The average molecular weight is 285 g/mol. The van der Waals surface area contributed by atoms with Gasteiger partial charge in [-0.1, -0.05) is 11.6 Å². The summed E-state index contributed by atoms with van der Waals surface area (Å²) in [6.45, 7) is 1.80. The fourth-order valence-corrected chi connectivity index (χ4v) is 2.75. The molecule has 0 amide bonds. The third kappa shape index (κ3) is 3.36. The lowest BCUT2D eigenvalue weighted by atomic mass is 9.92. The van der Waals surface area contributed by atoms with Crippen LogP contribution in [0.15, 0.2) is 12.1 Å². The lowest BCUT2D eigenvalue weighted by Gasteiger charge is -2.27. The number of anilines is 1. The van der Waals surface area contributed by atoms with E-state index in [0.717, 1.165) is 31.2 Å². The lowest BCUT2D eigenvalue weighted by molar-refractivity contribution is -0.384. The van der Waals surface area contributed by atoms with Gasteiger partial charge in [-0.15, -0.1) is 0 Å². The Bertz CT molecular complexity index is 485. The standard InChI is InChI=1S/C13H17ClN2O3/c1-8-6-9(14)7-12(16(18)19)13(8)15-10-2-4-11(17)5-3-10/h6-7,10-11,15,17H,2-5H2,1H3. The number of rotatable bonds is 3. The van der Waals surface area contributed by atoms with Crippen molar-refractivity contribution in [1.29, 1.82) is 0 Å². The second-order valence-electron chi connectivity index (χ2n) is 5.02. The first-order valence-electron chi connectivity index (χ1n) is 6.36. The quantitative estimate of drug-likeness (QED) is 0.660. The Labute approximate surface area is 116 Å². The van der Waals surface area contributed by atoms with Crippen molar-refractivity contribution >= 4 is 23.0 Å². The van der Waals surface area contributed by atoms with Gasteiger partial charge in [0.15, 0.2) is 0 Å². The first kappa shape index (κ1) is 14.1. The fraction of sp³-hybridized carbons (Fsp3) is 0.538. The summed E-state index contributed by atoms with van der Waals surface area (Å²) in [4.78, 5) is 10.7. The molecule has 0 radical (unpaired) electrons. The van der Waals surface area contributed by atoms with Crippen molar-refractivity contribution in [3.05, 3.63) is 32.8 Å². The molecule has 0 aliphatic heterocycles. The van der Waals surface area contributed by atoms with E-state index in [0.29, 0.717) is 10.7 Å². The maximum Gasteiger partial charge on any atom is 0.294 e. The molecule has 104 valence electrons. The van der Waals surface area contributed by atoms with Crippen LogP contribution in [0, 0.1) is 17.0 Å². The minimum absolute atomic E-state index is 0.0103. The maximum absolute atomic E-state index is 11.1. The van der Waals surface area contributed by atoms with Crippen molar-refractivity contribution in [3.8, 4) is 0 Å². The van der Waals surface area contributed by atoms with Crippen LogP contribution in [0.2, 0.25) is 5.02 Å². The van der Waals surface area contributed by atoms with Gasteiger partial charge in [0.2, 0.25) is 0 Å². The van der Waals surface area contributed by atoms with E-state index in [4.69, 9.17) is 11.6 Å². The van der Waals surface area contributed by atoms with Gasteiger partial charge in [0.1, 0.15) is 5.69 Å². The van der Waals surface area contributed by atoms with Gasteiger partial charge in [-0.25, -0.2) is 0 Å². The third-order valence-electron chi connectivity index (χ3n) is 3.52. The molecule has 0 saturated heterocycles. The van der Waals surface area contributed by atoms with E-state index < -0.39 is 4.92 Å². The molecule has 1 saturated carbocycles. The van der Waals surface area contributed by atoms with E-state index in [-0.39, 0.29) is 17.8 Å². The van der Waals surface area contributed by atoms with Gasteiger partial charge >= 0.3 is 0 Å². The molecular formula is C13H17ClN2O3. The molecule has 0 spiro atoms. The van der Waals surface area contributed by atoms with E-state index in [1.807, 2.05) is 0 Å². The highest BCUT2D eigenvalue weighted by Gasteiger charge is 2.24. The molecule has 1 aromatic rings. The van der Waals surface area contributed by atoms with Crippen LogP contribution in [0.25, 0.3) is 0 Å². The molecule has 5 nitrogen and oxygen atoms in total. The summed E-state index contributed by atoms with van der Waals surface area (Å²) < 4.78 is 0. The first-order chi connectivity index (χ1) is 8.97. The van der Waals surface area contributed by atoms with Crippen molar-refractivity contribution in [3.63, 3.8) is 0 Å². The van der Waals surface area contributed by atoms with E-state index in [1.165, 1.54) is 6.07 Å². The predicted molar refractivity (Wildman–Crippen MR) is 74.7 cm³/mol. The van der Waals surface area contributed by atoms with Crippen molar-refractivity contribution in [2.24, 2.45) is 0 Å². The Balaban J connectivity index is 2.21. The minimum atomic E-state index is -0.418. The summed E-state index contributed by atoms with van der Waals surface area (Å²) in [6, 6.07) is 3.25. The highest BCUT2D eigenvalue weighted by atomic mass is 35.5. The van der Waals surface area contributed by atoms with Crippen LogP contribution in [-0.2, 0) is 0 Å². The minimum Gasteiger partial charge on any atom is -0.393 e. The Kier molecular flexibility index (Phi) is 4.27. The van der Waals surface area contributed by atoms with Crippen LogP contribution in [0.4, 0.5) is 11.4 Å². The Morgan fingerprint density at radius 2 is 2.00 bits per heavy atom. The van der Waals surface area contributed by atoms with Gasteiger partial charge in [0, 0.05) is 17.1 Å². The normalized spacial score (nSPS) is 23.1. The maximum atomic E-state index is 11.1. The summed E-state index contributed by atoms with van der Waals surface area (Å²) >= 11 is 5.86. The molecule has 0 unspecified atom stereocenters. The zero-order chi connectivity index (χ0) is 14.0. The van der Waals surface area contributed by atoms with Gasteiger partial charge in [0.05, 0.1) is 11.0 Å². The number of nitrogens with one attached hydrogen (secondary N) is 1. The summed E-state index contributed by atoms with van der Waals surface area (Å²) in [6.07, 6.45) is 2.87. The molecule has 1 aliphatic rings. The second kappa shape index (κ2) is 5.75. The van der Waals surface area contributed by atoms with Crippen LogP contribution < -0.4 is 5.32 Å². The molecular weight excluding hydrogens is 268 g/mol. The summed E-state index contributed by atoms with van der Waals surface area (Å²) in [5.74, 6) is 0. The number of aliphatic hydroxyl groups excluding tert-OH is 1. The molecule has 2 rings (SSSR count). The van der Waals surface area contributed by atoms with Crippen LogP contribution >= 0.6 is 11.6 Å². The number of halogens is 1. The highest BCUT2D eigenvalue weighted by Crippen LogP contribution is 2.34. The predicted octanol–water partition coefficient (Wildman–Crippen LogP) is 3.27. The Hall–Kier alpha value is -1.33. The van der Waals surface area contributed by atoms with Crippen LogP contribution in [-0.4, -0.2) is 22.2 Å². The third-order valence-corrected chi connectivity index (χ3v) is 3.74. The largest absolute Gasteiger partial charge is 0.393 e. The van der Waals surface area contributed by atoms with Gasteiger partial charge in [-0.05, 0) is 44.2 Å². The number of aryl methyl sites for hydroxylation is 1. The Morgan fingerprint density at radius 1 is 1.37 bits per heavy atom. The molecule has 19 heavy (non-hydrogen) atoms. The number of nitro groups is 1. The first-order valence-corrected chi connectivity index (χ1v) is 6.74. The average Bonchev–Trinajstić information content (AvgIpc) is 2.34. The molecule has 6 heteroatoms. The molecule has 1 aromatic carbocycles. The van der Waals surface area contributed by atoms with Crippen LogP contribution in [0.1, 0.15) is 31.2 Å². The number of benzene rings is 1. The molecule has 0 heterocycles. The van der Waals surface area contributed by atoms with Gasteiger partial charge in [-0.2, -0.15) is 0 Å². The number of nitrogens with zero attached hydrogens (tertiary/aromatic N) is 1. The molecule has 2 N–H and O–H groups in total. The van der Waals surface area contributed by atoms with Gasteiger partial charge in [-0.3, -0.25) is 10.1 Å². The van der Waals surface area contributed by atoms with Crippen molar-refractivity contribution in [2.75, 3.05) is 5.32 Å². The fourth-order valence-electron chi connectivity index (χ4n) is 2.48. The molecule has 1 aliphatic carbocycles. The Morgan fingerprint density at radius 3 is 2.58 bits per heavy atom. The van der Waals surface area contributed by atoms with Gasteiger partial charge < -0.3 is 10.4 Å². The topological polar surface area (TPSA) is 75.4 Å². The molecule has 0 atom stereocenters. The molecule has 1 fully saturated rings. The lowest BCUT2D eigenvalue weighted by Crippen LogP contribution is -2.28. The van der Waals surface area contributed by atoms with Crippen LogP contribution in [0.3, 0.4) is 0 Å². The molecule has 0 bridgehead atoms. The van der Waals surface area contributed by atoms with Crippen molar-refractivity contribution in [1.82, 2.24) is 0 Å². The van der Waals surface area contributed by atoms with Crippen LogP contribution in [0.5, 0.6) is 0 Å². The molecule has 0 aromatic heterocycles. The van der Waals surface area contributed by atoms with E-state index in [1.54, 1.807) is 13.0 Å². The monoisotopic (exact) mass is 284 g/mol. The highest BCUT2D eigenvalue weighted by molar-refractivity contribution is 6.31. The van der Waals surface area contributed by atoms with Crippen molar-refractivity contribution in [2.45, 2.75) is 44.8 Å². The van der Waals surface area contributed by atoms with E-state index >= 15 is 0 Å². The number of hydrogen-bond acceptors (Lipinski definition) is 4. The number of nitro benzene ring substituents is 1. The smallest absolute Gasteiger partial charge is 0.294 e. The zero-order valence-electron chi connectivity index (χ0n) is 10.7. The van der Waals surface area contributed by atoms with Gasteiger partial charge in [0.25, 0.3) is 5.69 Å².